The third kappa shape index (κ3) is 0.601. The smallest absolute Gasteiger partial charge is 0.219 e. The molecule has 3 fully saturated rings. The Balaban J connectivity index is 2.10. The molecule has 3 nitrogen and oxygen atoms in total. The monoisotopic (exact) mass is 155 g/mol. The maximum absolute atomic E-state index is 11.0. The zero-order chi connectivity index (χ0) is 8.22. The lowest BCUT2D eigenvalue weighted by Crippen LogP contribution is -2.78. The van der Waals surface area contributed by atoms with Crippen LogP contribution in [0.5, 0.6) is 0 Å². The normalized spacial score (nSPS) is 45.7. The zero-order valence-electron chi connectivity index (χ0n) is 6.87. The second kappa shape index (κ2) is 1.78. The highest BCUT2D eigenvalue weighted by Gasteiger charge is 2.67. The summed E-state index contributed by atoms with van der Waals surface area (Å²) in [4.78, 5) is 12.7. The number of likely N-dealkylation sites (N-methyl/N-ethyl adjacent to an activating group) is 1. The molecular weight excluding hydrogens is 142 g/mol. The summed E-state index contributed by atoms with van der Waals surface area (Å²) in [5.41, 5.74) is -0.156. The fraction of sp³-hybridized carbons (Fsp3) is 0.875. The van der Waals surface area contributed by atoms with Gasteiger partial charge >= 0.3 is 0 Å². The molecule has 3 saturated carbocycles. The summed E-state index contributed by atoms with van der Waals surface area (Å²) in [5, 5.41) is 9.44. The van der Waals surface area contributed by atoms with Gasteiger partial charge in [-0.05, 0) is 18.8 Å². The van der Waals surface area contributed by atoms with Gasteiger partial charge in [-0.3, -0.25) is 4.79 Å². The Morgan fingerprint density at radius 1 is 1.64 bits per heavy atom. The molecule has 0 radical (unpaired) electrons. The van der Waals surface area contributed by atoms with Gasteiger partial charge in [0.25, 0.3) is 0 Å². The Kier molecular flexibility index (Phi) is 1.15. The lowest BCUT2D eigenvalue weighted by Gasteiger charge is -2.68. The predicted molar refractivity (Wildman–Crippen MR) is 39.9 cm³/mol. The summed E-state index contributed by atoms with van der Waals surface area (Å²) < 4.78 is 0. The van der Waals surface area contributed by atoms with Gasteiger partial charge in [0, 0.05) is 14.0 Å². The van der Waals surface area contributed by atoms with Crippen LogP contribution in [0.2, 0.25) is 0 Å². The van der Waals surface area contributed by atoms with Crippen LogP contribution in [0.15, 0.2) is 0 Å². The van der Waals surface area contributed by atoms with Crippen molar-refractivity contribution in [3.8, 4) is 0 Å². The number of amides is 1. The first-order chi connectivity index (χ1) is 5.08. The molecule has 0 aliphatic heterocycles. The van der Waals surface area contributed by atoms with E-state index in [9.17, 15) is 9.90 Å². The molecule has 0 spiro atoms. The molecule has 0 saturated heterocycles. The SMILES string of the molecule is CC(=O)N(C)C12CC(C1)C2O. The molecule has 1 atom stereocenters. The van der Waals surface area contributed by atoms with Crippen molar-refractivity contribution < 1.29 is 9.90 Å². The Morgan fingerprint density at radius 2 is 2.18 bits per heavy atom. The van der Waals surface area contributed by atoms with Crippen LogP contribution in [-0.2, 0) is 4.79 Å². The molecule has 0 aromatic carbocycles. The van der Waals surface area contributed by atoms with E-state index < -0.39 is 0 Å². The number of rotatable bonds is 1. The van der Waals surface area contributed by atoms with Gasteiger partial charge in [0.1, 0.15) is 0 Å². The fourth-order valence-corrected chi connectivity index (χ4v) is 2.22. The van der Waals surface area contributed by atoms with Crippen LogP contribution in [0.3, 0.4) is 0 Å². The van der Waals surface area contributed by atoms with Crippen molar-refractivity contribution in [2.45, 2.75) is 31.4 Å². The molecule has 0 aromatic heterocycles. The highest BCUT2D eigenvalue weighted by Crippen LogP contribution is 2.60. The van der Waals surface area contributed by atoms with E-state index >= 15 is 0 Å². The van der Waals surface area contributed by atoms with Gasteiger partial charge in [0.15, 0.2) is 0 Å². The zero-order valence-corrected chi connectivity index (χ0v) is 6.87. The van der Waals surface area contributed by atoms with Gasteiger partial charge in [-0.2, -0.15) is 0 Å². The highest BCUT2D eigenvalue weighted by atomic mass is 16.3. The van der Waals surface area contributed by atoms with E-state index in [-0.39, 0.29) is 17.6 Å². The van der Waals surface area contributed by atoms with Gasteiger partial charge < -0.3 is 10.0 Å². The van der Waals surface area contributed by atoms with E-state index in [1.54, 1.807) is 18.9 Å². The average Bonchev–Trinajstić information content (AvgIpc) is 1.84. The Morgan fingerprint density at radius 3 is 2.27 bits per heavy atom. The number of carbonyl (C=O) groups is 1. The topological polar surface area (TPSA) is 40.5 Å². The molecule has 11 heavy (non-hydrogen) atoms. The maximum Gasteiger partial charge on any atom is 0.219 e. The van der Waals surface area contributed by atoms with Crippen molar-refractivity contribution in [1.29, 1.82) is 0 Å². The minimum Gasteiger partial charge on any atom is -0.390 e. The minimum atomic E-state index is -0.239. The second-order valence-corrected chi connectivity index (χ2v) is 3.79. The molecule has 1 N–H and O–H groups in total. The van der Waals surface area contributed by atoms with Crippen LogP contribution >= 0.6 is 0 Å². The van der Waals surface area contributed by atoms with Crippen LogP contribution in [0.4, 0.5) is 0 Å². The first kappa shape index (κ1) is 7.10. The molecule has 3 aliphatic rings. The molecule has 3 rings (SSSR count). The third-order valence-corrected chi connectivity index (χ3v) is 3.37. The number of carbonyl (C=O) groups excluding carboxylic acids is 1. The standard InChI is InChI=1S/C8H13NO2/c1-5(10)9(2)8-3-6(4-8)7(8)11/h6-7,11H,3-4H2,1-2H3. The van der Waals surface area contributed by atoms with Gasteiger partial charge in [-0.15, -0.1) is 0 Å². The van der Waals surface area contributed by atoms with E-state index in [0.717, 1.165) is 12.8 Å². The first-order valence-electron chi connectivity index (χ1n) is 4.00. The molecular formula is C8H13NO2. The molecule has 0 heterocycles. The van der Waals surface area contributed by atoms with Gasteiger partial charge in [0.05, 0.1) is 11.6 Å². The number of aliphatic hydroxyl groups is 1. The number of hydrogen-bond acceptors (Lipinski definition) is 2. The predicted octanol–water partition coefficient (Wildman–Crippen LogP) is -0.0120. The van der Waals surface area contributed by atoms with Crippen molar-refractivity contribution in [3.63, 3.8) is 0 Å². The molecule has 62 valence electrons. The summed E-state index contributed by atoms with van der Waals surface area (Å²) in [6, 6.07) is 0. The summed E-state index contributed by atoms with van der Waals surface area (Å²) >= 11 is 0. The van der Waals surface area contributed by atoms with Crippen LogP contribution in [0.25, 0.3) is 0 Å². The van der Waals surface area contributed by atoms with Crippen LogP contribution < -0.4 is 0 Å². The summed E-state index contributed by atoms with van der Waals surface area (Å²) in [6.45, 7) is 1.55. The van der Waals surface area contributed by atoms with Crippen molar-refractivity contribution in [2.75, 3.05) is 7.05 Å². The van der Waals surface area contributed by atoms with Crippen LogP contribution in [0.1, 0.15) is 19.8 Å². The molecule has 1 amide bonds. The fourth-order valence-electron chi connectivity index (χ4n) is 2.22. The molecule has 2 bridgehead atoms. The summed E-state index contributed by atoms with van der Waals surface area (Å²) in [6.07, 6.45) is 1.77. The van der Waals surface area contributed by atoms with Gasteiger partial charge in [-0.25, -0.2) is 0 Å². The van der Waals surface area contributed by atoms with Crippen molar-refractivity contribution in [3.05, 3.63) is 0 Å². The van der Waals surface area contributed by atoms with Gasteiger partial charge in [0.2, 0.25) is 5.91 Å². The second-order valence-electron chi connectivity index (χ2n) is 3.79. The molecule has 3 heteroatoms. The van der Waals surface area contributed by atoms with E-state index in [0.29, 0.717) is 5.92 Å². The molecule has 0 aromatic rings. The Hall–Kier alpha value is -0.570. The molecule has 1 unspecified atom stereocenters. The first-order valence-corrected chi connectivity index (χ1v) is 4.00. The van der Waals surface area contributed by atoms with E-state index in [4.69, 9.17) is 0 Å². The van der Waals surface area contributed by atoms with Crippen LogP contribution in [-0.4, -0.2) is 34.6 Å². The summed E-state index contributed by atoms with van der Waals surface area (Å²) in [7, 11) is 1.78. The highest BCUT2D eigenvalue weighted by molar-refractivity contribution is 5.74. The lowest BCUT2D eigenvalue weighted by molar-refractivity contribution is -0.238. The van der Waals surface area contributed by atoms with Crippen LogP contribution in [0, 0.1) is 5.92 Å². The minimum absolute atomic E-state index is 0.0576. The number of aliphatic hydroxyl groups excluding tert-OH is 1. The van der Waals surface area contributed by atoms with E-state index in [1.165, 1.54) is 0 Å². The van der Waals surface area contributed by atoms with Gasteiger partial charge in [-0.1, -0.05) is 0 Å². The van der Waals surface area contributed by atoms with E-state index in [1.807, 2.05) is 0 Å². The lowest BCUT2D eigenvalue weighted by atomic mass is 9.46. The Labute approximate surface area is 66.0 Å². The Bertz CT molecular complexity index is 208. The van der Waals surface area contributed by atoms with E-state index in [2.05, 4.69) is 0 Å². The quantitative estimate of drug-likeness (QED) is 0.578. The van der Waals surface area contributed by atoms with Crippen molar-refractivity contribution in [2.24, 2.45) is 5.92 Å². The summed E-state index contributed by atoms with van der Waals surface area (Å²) in [5.74, 6) is 0.541. The maximum atomic E-state index is 11.0. The number of nitrogens with zero attached hydrogens (tertiary/aromatic N) is 1. The largest absolute Gasteiger partial charge is 0.390 e. The molecule has 3 aliphatic carbocycles. The average molecular weight is 155 g/mol. The van der Waals surface area contributed by atoms with Crippen molar-refractivity contribution in [1.82, 2.24) is 4.90 Å². The number of hydrogen-bond donors (Lipinski definition) is 1. The third-order valence-electron chi connectivity index (χ3n) is 3.37. The van der Waals surface area contributed by atoms with Crippen molar-refractivity contribution >= 4 is 5.91 Å².